The van der Waals surface area contributed by atoms with Crippen molar-refractivity contribution in [3.8, 4) is 11.6 Å². The van der Waals surface area contributed by atoms with E-state index in [9.17, 15) is 18.0 Å². The number of halogens is 3. The first-order chi connectivity index (χ1) is 15.1. The SMILES string of the molecule is CC(=NOc1ncnc(NC2CCN(C(=O)O)CC2)c1C)c1ccc(OC(F)(F)F)cc1. The highest BCUT2D eigenvalue weighted by atomic mass is 19.4. The first kappa shape index (κ1) is 23.1. The summed E-state index contributed by atoms with van der Waals surface area (Å²) in [5.41, 5.74) is 1.60. The highest BCUT2D eigenvalue weighted by Gasteiger charge is 2.31. The largest absolute Gasteiger partial charge is 0.573 e. The molecule has 0 atom stereocenters. The van der Waals surface area contributed by atoms with Crippen molar-refractivity contribution >= 4 is 17.6 Å². The molecule has 9 nitrogen and oxygen atoms in total. The van der Waals surface area contributed by atoms with Crippen LogP contribution < -0.4 is 14.9 Å². The molecule has 172 valence electrons. The lowest BCUT2D eigenvalue weighted by atomic mass is 10.1. The van der Waals surface area contributed by atoms with Crippen LogP contribution in [-0.2, 0) is 0 Å². The summed E-state index contributed by atoms with van der Waals surface area (Å²) in [5.74, 6) is 0.457. The van der Waals surface area contributed by atoms with E-state index >= 15 is 0 Å². The van der Waals surface area contributed by atoms with Crippen LogP contribution in [0.15, 0.2) is 35.7 Å². The molecule has 0 radical (unpaired) electrons. The number of rotatable bonds is 6. The number of carbonyl (C=O) groups is 1. The predicted octanol–water partition coefficient (Wildman–Crippen LogP) is 4.04. The fourth-order valence-corrected chi connectivity index (χ4v) is 3.14. The summed E-state index contributed by atoms with van der Waals surface area (Å²) in [6.45, 7) is 4.29. The van der Waals surface area contributed by atoms with Crippen LogP contribution in [0, 0.1) is 6.92 Å². The smallest absolute Gasteiger partial charge is 0.465 e. The minimum atomic E-state index is -4.75. The summed E-state index contributed by atoms with van der Waals surface area (Å²) in [7, 11) is 0. The van der Waals surface area contributed by atoms with E-state index in [0.29, 0.717) is 48.6 Å². The average molecular weight is 453 g/mol. The molecule has 3 rings (SSSR count). The van der Waals surface area contributed by atoms with E-state index in [1.54, 1.807) is 13.8 Å². The van der Waals surface area contributed by atoms with E-state index in [0.717, 1.165) is 0 Å². The van der Waals surface area contributed by atoms with Crippen molar-refractivity contribution < 1.29 is 32.6 Å². The van der Waals surface area contributed by atoms with Crippen molar-refractivity contribution in [3.63, 3.8) is 0 Å². The third kappa shape index (κ3) is 6.22. The van der Waals surface area contributed by atoms with Gasteiger partial charge in [0.15, 0.2) is 0 Å². The zero-order valence-corrected chi connectivity index (χ0v) is 17.4. The maximum atomic E-state index is 12.3. The van der Waals surface area contributed by atoms with Gasteiger partial charge in [0.05, 0.1) is 11.3 Å². The standard InChI is InChI=1S/C20H22F3N5O4/c1-12-17(26-15-7-9-28(10-8-15)19(29)30)24-11-25-18(12)32-27-13(2)14-3-5-16(6-4-14)31-20(21,22)23/h3-6,11,15H,7-10H2,1-2H3,(H,29,30)(H,24,25,26). The van der Waals surface area contributed by atoms with Crippen molar-refractivity contribution in [3.05, 3.63) is 41.7 Å². The lowest BCUT2D eigenvalue weighted by Crippen LogP contribution is -2.41. The molecular formula is C20H22F3N5O4. The normalized spacial score (nSPS) is 15.4. The van der Waals surface area contributed by atoms with Crippen molar-refractivity contribution in [1.82, 2.24) is 14.9 Å². The van der Waals surface area contributed by atoms with Gasteiger partial charge in [0.1, 0.15) is 17.9 Å². The van der Waals surface area contributed by atoms with Crippen LogP contribution in [0.25, 0.3) is 0 Å². The summed E-state index contributed by atoms with van der Waals surface area (Å²) in [4.78, 5) is 26.1. The third-order valence-electron chi connectivity index (χ3n) is 4.92. The number of hydrogen-bond donors (Lipinski definition) is 2. The number of alkyl halides is 3. The fourth-order valence-electron chi connectivity index (χ4n) is 3.14. The fraction of sp³-hybridized carbons (Fsp3) is 0.400. The molecule has 2 N–H and O–H groups in total. The molecule has 0 aliphatic carbocycles. The Balaban J connectivity index is 1.63. The Bertz CT molecular complexity index is 974. The Kier molecular flexibility index (Phi) is 7.01. The topological polar surface area (TPSA) is 109 Å². The number of anilines is 1. The molecule has 1 aliphatic rings. The monoisotopic (exact) mass is 453 g/mol. The second kappa shape index (κ2) is 9.71. The zero-order chi connectivity index (χ0) is 23.3. The van der Waals surface area contributed by atoms with Gasteiger partial charge in [-0.25, -0.2) is 9.78 Å². The van der Waals surface area contributed by atoms with Gasteiger partial charge >= 0.3 is 12.5 Å². The van der Waals surface area contributed by atoms with Gasteiger partial charge in [0.2, 0.25) is 0 Å². The number of likely N-dealkylation sites (tertiary alicyclic amines) is 1. The zero-order valence-electron chi connectivity index (χ0n) is 17.4. The van der Waals surface area contributed by atoms with Crippen LogP contribution in [0.5, 0.6) is 11.6 Å². The van der Waals surface area contributed by atoms with E-state index in [4.69, 9.17) is 9.94 Å². The molecule has 12 heteroatoms. The number of nitrogens with one attached hydrogen (secondary N) is 1. The molecule has 1 aromatic carbocycles. The molecule has 0 spiro atoms. The van der Waals surface area contributed by atoms with E-state index in [2.05, 4.69) is 25.2 Å². The first-order valence-electron chi connectivity index (χ1n) is 9.76. The van der Waals surface area contributed by atoms with Gasteiger partial charge in [-0.15, -0.1) is 13.2 Å². The predicted molar refractivity (Wildman–Crippen MR) is 109 cm³/mol. The van der Waals surface area contributed by atoms with Crippen molar-refractivity contribution in [2.45, 2.75) is 39.1 Å². The highest BCUT2D eigenvalue weighted by molar-refractivity contribution is 5.98. The van der Waals surface area contributed by atoms with Crippen molar-refractivity contribution in [1.29, 1.82) is 0 Å². The molecule has 0 saturated carbocycles. The van der Waals surface area contributed by atoms with E-state index in [1.807, 2.05) is 0 Å². The molecule has 1 aromatic heterocycles. The number of nitrogens with zero attached hydrogens (tertiary/aromatic N) is 4. The van der Waals surface area contributed by atoms with Gasteiger partial charge in [-0.3, -0.25) is 0 Å². The molecule has 0 unspecified atom stereocenters. The van der Waals surface area contributed by atoms with Crippen molar-refractivity contribution in [2.24, 2.45) is 5.16 Å². The number of aromatic nitrogens is 2. The number of oxime groups is 1. The summed E-state index contributed by atoms with van der Waals surface area (Å²) in [6, 6.07) is 5.32. The molecule has 1 amide bonds. The number of ether oxygens (including phenoxy) is 1. The van der Waals surface area contributed by atoms with Crippen LogP contribution in [0.3, 0.4) is 0 Å². The van der Waals surface area contributed by atoms with Gasteiger partial charge in [-0.05, 0) is 56.5 Å². The molecule has 32 heavy (non-hydrogen) atoms. The maximum absolute atomic E-state index is 12.3. The molecule has 1 fully saturated rings. The van der Waals surface area contributed by atoms with Gasteiger partial charge in [0, 0.05) is 19.1 Å². The molecule has 2 heterocycles. The Morgan fingerprint density at radius 3 is 2.47 bits per heavy atom. The number of hydrogen-bond acceptors (Lipinski definition) is 7. The molecule has 1 aliphatic heterocycles. The molecule has 1 saturated heterocycles. The highest BCUT2D eigenvalue weighted by Crippen LogP contribution is 2.25. The van der Waals surface area contributed by atoms with Gasteiger partial charge in [0.25, 0.3) is 5.88 Å². The lowest BCUT2D eigenvalue weighted by Gasteiger charge is -2.31. The van der Waals surface area contributed by atoms with E-state index in [-0.39, 0.29) is 17.7 Å². The number of amides is 1. The number of carboxylic acid groups (broad SMARTS) is 1. The second-order valence-electron chi connectivity index (χ2n) is 7.18. The lowest BCUT2D eigenvalue weighted by molar-refractivity contribution is -0.274. The quantitative estimate of drug-likeness (QED) is 0.502. The van der Waals surface area contributed by atoms with Crippen LogP contribution in [0.4, 0.5) is 23.8 Å². The van der Waals surface area contributed by atoms with E-state index < -0.39 is 12.5 Å². The second-order valence-corrected chi connectivity index (χ2v) is 7.18. The Morgan fingerprint density at radius 2 is 1.88 bits per heavy atom. The maximum Gasteiger partial charge on any atom is 0.573 e. The first-order valence-corrected chi connectivity index (χ1v) is 9.76. The van der Waals surface area contributed by atoms with Gasteiger partial charge in [-0.2, -0.15) is 4.98 Å². The Labute approximate surface area is 181 Å². The summed E-state index contributed by atoms with van der Waals surface area (Å²) in [5, 5.41) is 16.3. The number of benzene rings is 1. The molecular weight excluding hydrogens is 431 g/mol. The Hall–Kier alpha value is -3.57. The van der Waals surface area contributed by atoms with Crippen molar-refractivity contribution in [2.75, 3.05) is 18.4 Å². The van der Waals surface area contributed by atoms with Crippen LogP contribution >= 0.6 is 0 Å². The van der Waals surface area contributed by atoms with Crippen LogP contribution in [-0.4, -0.2) is 57.3 Å². The minimum absolute atomic E-state index is 0.0646. The van der Waals surface area contributed by atoms with E-state index in [1.165, 1.54) is 35.5 Å². The third-order valence-corrected chi connectivity index (χ3v) is 4.92. The van der Waals surface area contributed by atoms with Gasteiger partial charge < -0.3 is 24.9 Å². The minimum Gasteiger partial charge on any atom is -0.465 e. The summed E-state index contributed by atoms with van der Waals surface area (Å²) < 4.78 is 40.7. The average Bonchev–Trinajstić information content (AvgIpc) is 2.74. The number of piperidine rings is 1. The summed E-state index contributed by atoms with van der Waals surface area (Å²) >= 11 is 0. The van der Waals surface area contributed by atoms with Gasteiger partial charge in [-0.1, -0.05) is 5.16 Å². The Morgan fingerprint density at radius 1 is 1.22 bits per heavy atom. The summed E-state index contributed by atoms with van der Waals surface area (Å²) in [6.07, 6.45) is -3.05. The van der Waals surface area contributed by atoms with Crippen LogP contribution in [0.1, 0.15) is 30.9 Å². The molecule has 0 bridgehead atoms. The van der Waals surface area contributed by atoms with Crippen LogP contribution in [0.2, 0.25) is 0 Å². The molecule has 2 aromatic rings.